The Kier molecular flexibility index (Phi) is 12.7. The molecule has 0 aliphatic carbocycles. The molecular formula is C32H41N3O5S2. The summed E-state index contributed by atoms with van der Waals surface area (Å²) in [6.45, 7) is 6.42. The van der Waals surface area contributed by atoms with Crippen LogP contribution in [0.3, 0.4) is 0 Å². The van der Waals surface area contributed by atoms with E-state index in [-0.39, 0.29) is 17.3 Å². The predicted octanol–water partition coefficient (Wildman–Crippen LogP) is 5.73. The van der Waals surface area contributed by atoms with Gasteiger partial charge < -0.3 is 15.0 Å². The van der Waals surface area contributed by atoms with Gasteiger partial charge in [-0.15, -0.1) is 11.8 Å². The lowest BCUT2D eigenvalue weighted by Crippen LogP contribution is -2.52. The zero-order valence-electron chi connectivity index (χ0n) is 24.8. The first-order chi connectivity index (χ1) is 20.2. The Bertz CT molecular complexity index is 1380. The molecule has 0 bridgehead atoms. The van der Waals surface area contributed by atoms with Crippen LogP contribution in [-0.4, -0.2) is 57.1 Å². The van der Waals surface area contributed by atoms with Crippen molar-refractivity contribution in [1.82, 2.24) is 10.2 Å². The molecule has 8 nitrogen and oxygen atoms in total. The number of nitrogens with zero attached hydrogens (tertiary/aromatic N) is 2. The Morgan fingerprint density at radius 2 is 1.60 bits per heavy atom. The van der Waals surface area contributed by atoms with Gasteiger partial charge in [-0.05, 0) is 80.1 Å². The number of rotatable bonds is 16. The van der Waals surface area contributed by atoms with Gasteiger partial charge in [0.05, 0.1) is 17.2 Å². The molecule has 0 spiro atoms. The van der Waals surface area contributed by atoms with Crippen LogP contribution in [0.2, 0.25) is 0 Å². The largest absolute Gasteiger partial charge is 0.494 e. The second-order valence-electron chi connectivity index (χ2n) is 9.69. The highest BCUT2D eigenvalue weighted by molar-refractivity contribution is 7.98. The van der Waals surface area contributed by atoms with Crippen molar-refractivity contribution in [3.8, 4) is 5.75 Å². The fourth-order valence-corrected chi connectivity index (χ4v) is 6.31. The summed E-state index contributed by atoms with van der Waals surface area (Å²) < 4.78 is 34.7. The Hall–Kier alpha value is -3.50. The summed E-state index contributed by atoms with van der Waals surface area (Å²) >= 11 is 1.51. The first-order valence-corrected chi connectivity index (χ1v) is 16.9. The van der Waals surface area contributed by atoms with E-state index in [1.807, 2.05) is 57.4 Å². The van der Waals surface area contributed by atoms with Crippen LogP contribution < -0.4 is 14.4 Å². The minimum Gasteiger partial charge on any atom is -0.494 e. The van der Waals surface area contributed by atoms with Crippen LogP contribution in [0, 0.1) is 0 Å². The number of thioether (sulfide) groups is 1. The zero-order valence-corrected chi connectivity index (χ0v) is 26.4. The molecule has 3 aromatic carbocycles. The van der Waals surface area contributed by atoms with Gasteiger partial charge in [-0.1, -0.05) is 50.6 Å². The monoisotopic (exact) mass is 611 g/mol. The maximum Gasteiger partial charge on any atom is 0.264 e. The van der Waals surface area contributed by atoms with E-state index in [0.29, 0.717) is 31.0 Å². The minimum atomic E-state index is -4.14. The van der Waals surface area contributed by atoms with Crippen LogP contribution in [0.1, 0.15) is 45.6 Å². The van der Waals surface area contributed by atoms with E-state index in [0.717, 1.165) is 27.6 Å². The molecule has 0 aliphatic heterocycles. The van der Waals surface area contributed by atoms with Gasteiger partial charge in [0.15, 0.2) is 0 Å². The van der Waals surface area contributed by atoms with Gasteiger partial charge in [0.25, 0.3) is 10.0 Å². The molecule has 0 fully saturated rings. The van der Waals surface area contributed by atoms with E-state index < -0.39 is 28.5 Å². The van der Waals surface area contributed by atoms with Crippen LogP contribution in [0.4, 0.5) is 5.69 Å². The lowest BCUT2D eigenvalue weighted by atomic mass is 10.1. The van der Waals surface area contributed by atoms with E-state index in [4.69, 9.17) is 4.74 Å². The molecule has 226 valence electrons. The fourth-order valence-electron chi connectivity index (χ4n) is 4.48. The number of carbonyl (C=O) groups is 2. The van der Waals surface area contributed by atoms with Crippen molar-refractivity contribution in [2.75, 3.05) is 30.3 Å². The van der Waals surface area contributed by atoms with E-state index in [1.54, 1.807) is 48.5 Å². The van der Waals surface area contributed by atoms with Crippen molar-refractivity contribution in [1.29, 1.82) is 0 Å². The molecule has 0 aromatic heterocycles. The van der Waals surface area contributed by atoms with Gasteiger partial charge in [-0.2, -0.15) is 0 Å². The summed E-state index contributed by atoms with van der Waals surface area (Å²) in [5.41, 5.74) is 1.16. The molecule has 3 rings (SSSR count). The number of carbonyl (C=O) groups excluding carboxylic acids is 2. The molecule has 0 saturated carbocycles. The third-order valence-electron chi connectivity index (χ3n) is 6.77. The highest BCUT2D eigenvalue weighted by atomic mass is 32.2. The summed E-state index contributed by atoms with van der Waals surface area (Å²) in [6, 6.07) is 21.8. The van der Waals surface area contributed by atoms with Gasteiger partial charge in [0.2, 0.25) is 11.8 Å². The molecule has 0 radical (unpaired) electrons. The van der Waals surface area contributed by atoms with E-state index in [9.17, 15) is 18.0 Å². The van der Waals surface area contributed by atoms with E-state index >= 15 is 0 Å². The summed E-state index contributed by atoms with van der Waals surface area (Å²) in [5.74, 6) is -0.136. The number of amides is 2. The number of anilines is 1. The van der Waals surface area contributed by atoms with Gasteiger partial charge in [0, 0.05) is 18.0 Å². The molecule has 42 heavy (non-hydrogen) atoms. The molecule has 0 aliphatic rings. The topological polar surface area (TPSA) is 96.0 Å². The van der Waals surface area contributed by atoms with Crippen molar-refractivity contribution < 1.29 is 22.7 Å². The third-order valence-corrected chi connectivity index (χ3v) is 9.30. The van der Waals surface area contributed by atoms with Crippen LogP contribution in [0.25, 0.3) is 0 Å². The highest BCUT2D eigenvalue weighted by Gasteiger charge is 2.33. The van der Waals surface area contributed by atoms with Gasteiger partial charge in [0.1, 0.15) is 18.3 Å². The SMILES string of the molecule is CCCCNC(=O)C(CC)N(Cc1ccccc1)C(=O)CN(c1ccc(OCC)cc1)S(=O)(=O)c1ccc(SC)cc1. The molecule has 3 aromatic rings. The van der Waals surface area contributed by atoms with Crippen LogP contribution >= 0.6 is 11.8 Å². The number of ether oxygens (including phenoxy) is 1. The smallest absolute Gasteiger partial charge is 0.264 e. The molecule has 10 heteroatoms. The number of nitrogens with one attached hydrogen (secondary N) is 1. The summed E-state index contributed by atoms with van der Waals surface area (Å²) in [5, 5.41) is 2.95. The first-order valence-electron chi connectivity index (χ1n) is 14.3. The predicted molar refractivity (Wildman–Crippen MR) is 169 cm³/mol. The van der Waals surface area contributed by atoms with Crippen molar-refractivity contribution in [2.24, 2.45) is 0 Å². The lowest BCUT2D eigenvalue weighted by Gasteiger charge is -2.33. The van der Waals surface area contributed by atoms with Crippen molar-refractivity contribution in [3.05, 3.63) is 84.4 Å². The van der Waals surface area contributed by atoms with Gasteiger partial charge in [-0.25, -0.2) is 8.42 Å². The van der Waals surface area contributed by atoms with E-state index in [2.05, 4.69) is 5.32 Å². The molecule has 0 saturated heterocycles. The van der Waals surface area contributed by atoms with Crippen LogP contribution in [0.5, 0.6) is 5.75 Å². The third kappa shape index (κ3) is 8.75. The molecule has 0 heterocycles. The second kappa shape index (κ2) is 16.2. The Morgan fingerprint density at radius 1 is 0.929 bits per heavy atom. The van der Waals surface area contributed by atoms with Crippen molar-refractivity contribution in [3.63, 3.8) is 0 Å². The number of unbranched alkanes of at least 4 members (excludes halogenated alkanes) is 1. The molecule has 1 N–H and O–H groups in total. The maximum atomic E-state index is 14.1. The molecule has 2 amide bonds. The summed E-state index contributed by atoms with van der Waals surface area (Å²) in [7, 11) is -4.14. The van der Waals surface area contributed by atoms with E-state index in [1.165, 1.54) is 16.7 Å². The quantitative estimate of drug-likeness (QED) is 0.164. The van der Waals surface area contributed by atoms with Crippen LogP contribution in [-0.2, 0) is 26.2 Å². The first kappa shape index (κ1) is 33.0. The number of hydrogen-bond acceptors (Lipinski definition) is 6. The zero-order chi connectivity index (χ0) is 30.5. The Morgan fingerprint density at radius 3 is 2.17 bits per heavy atom. The standard InChI is InChI=1S/C32H41N3O5S2/c1-5-8-22-33-32(37)30(6-2)34(23-25-12-10-9-11-13-25)31(36)24-35(26-14-16-27(17-15-26)40-7-3)42(38,39)29-20-18-28(41-4)19-21-29/h9-21,30H,5-8,22-24H2,1-4H3,(H,33,37). The van der Waals surface area contributed by atoms with Gasteiger partial charge in [-0.3, -0.25) is 13.9 Å². The Balaban J connectivity index is 2.03. The Labute approximate surface area is 254 Å². The minimum absolute atomic E-state index is 0.0703. The molecule has 1 atom stereocenters. The molecular weight excluding hydrogens is 571 g/mol. The number of benzene rings is 3. The fraction of sp³-hybridized carbons (Fsp3) is 0.375. The average molecular weight is 612 g/mol. The van der Waals surface area contributed by atoms with Crippen molar-refractivity contribution >= 4 is 39.3 Å². The molecule has 1 unspecified atom stereocenters. The lowest BCUT2D eigenvalue weighted by molar-refractivity contribution is -0.140. The van der Waals surface area contributed by atoms with Gasteiger partial charge >= 0.3 is 0 Å². The number of hydrogen-bond donors (Lipinski definition) is 1. The second-order valence-corrected chi connectivity index (χ2v) is 12.4. The maximum absolute atomic E-state index is 14.1. The van der Waals surface area contributed by atoms with Crippen molar-refractivity contribution in [2.45, 2.75) is 62.4 Å². The highest BCUT2D eigenvalue weighted by Crippen LogP contribution is 2.28. The number of sulfonamides is 1. The summed E-state index contributed by atoms with van der Waals surface area (Å²) in [4.78, 5) is 29.9. The summed E-state index contributed by atoms with van der Waals surface area (Å²) in [6.07, 6.45) is 4.05. The normalized spacial score (nSPS) is 11.9. The van der Waals surface area contributed by atoms with Crippen LogP contribution in [0.15, 0.2) is 88.7 Å². The average Bonchev–Trinajstić information content (AvgIpc) is 3.01.